The number of aliphatic hydroxyl groups is 4. The fourth-order valence-electron chi connectivity index (χ4n) is 6.69. The number of nitrogens with zero attached hydrogens (tertiary/aromatic N) is 5. The third-order valence-corrected chi connectivity index (χ3v) is 10.3. The van der Waals surface area contributed by atoms with Crippen molar-refractivity contribution in [3.63, 3.8) is 0 Å². The van der Waals surface area contributed by atoms with Gasteiger partial charge in [0.2, 0.25) is 12.8 Å². The highest BCUT2D eigenvalue weighted by molar-refractivity contribution is 5.56. The van der Waals surface area contributed by atoms with Crippen molar-refractivity contribution in [2.75, 3.05) is 46.0 Å². The summed E-state index contributed by atoms with van der Waals surface area (Å²) in [4.78, 5) is 15.7. The van der Waals surface area contributed by atoms with Crippen molar-refractivity contribution in [1.29, 1.82) is 0 Å². The van der Waals surface area contributed by atoms with Crippen molar-refractivity contribution in [2.45, 2.75) is 97.5 Å². The molecule has 2 fully saturated rings. The second kappa shape index (κ2) is 19.2. The van der Waals surface area contributed by atoms with E-state index < -0.39 is 24.0 Å². The largest absolute Gasteiger partial charge is 0.383 e. The highest BCUT2D eigenvalue weighted by Gasteiger charge is 2.39. The van der Waals surface area contributed by atoms with Crippen molar-refractivity contribution in [1.82, 2.24) is 29.3 Å². The second-order valence-corrected chi connectivity index (χ2v) is 15.6. The molecule has 0 radical (unpaired) electrons. The summed E-state index contributed by atoms with van der Waals surface area (Å²) in [5, 5.41) is 42.2. The molecule has 6 rings (SSSR count). The number of nitrogens with one attached hydrogen (secondary N) is 1. The molecule has 13 nitrogen and oxygen atoms in total. The summed E-state index contributed by atoms with van der Waals surface area (Å²) in [5.74, 6) is 0.605. The molecule has 15 heteroatoms. The number of hydrogen-bond acceptors (Lipinski definition) is 11. The minimum Gasteiger partial charge on any atom is -0.383 e. The Morgan fingerprint density at radius 1 is 0.786 bits per heavy atom. The Bertz CT molecular complexity index is 1780. The number of imidazole rings is 2. The van der Waals surface area contributed by atoms with Crippen LogP contribution in [0.2, 0.25) is 0 Å². The van der Waals surface area contributed by atoms with E-state index in [4.69, 9.17) is 19.2 Å². The zero-order valence-electron chi connectivity index (χ0n) is 33.1. The first kappa shape index (κ1) is 43.5. The van der Waals surface area contributed by atoms with Crippen LogP contribution in [0.5, 0.6) is 0 Å². The van der Waals surface area contributed by atoms with E-state index in [-0.39, 0.29) is 17.0 Å². The van der Waals surface area contributed by atoms with Crippen molar-refractivity contribution in [3.8, 4) is 22.8 Å². The topological polar surface area (TPSA) is 162 Å². The molecule has 56 heavy (non-hydrogen) atoms. The minimum atomic E-state index is -1.12. The summed E-state index contributed by atoms with van der Waals surface area (Å²) in [6.45, 7) is 13.9. The summed E-state index contributed by atoms with van der Waals surface area (Å²) < 4.78 is 44.7. The van der Waals surface area contributed by atoms with Crippen molar-refractivity contribution < 1.29 is 43.4 Å². The zero-order valence-corrected chi connectivity index (χ0v) is 33.1. The number of aliphatic hydroxyl groups excluding tert-OH is 2. The summed E-state index contributed by atoms with van der Waals surface area (Å²) in [5.41, 5.74) is 0.742. The van der Waals surface area contributed by atoms with Crippen molar-refractivity contribution >= 4 is 0 Å². The summed E-state index contributed by atoms with van der Waals surface area (Å²) >= 11 is 0. The van der Waals surface area contributed by atoms with Gasteiger partial charge in [0.05, 0.1) is 17.6 Å². The Balaban J connectivity index is 0.000000223. The molecule has 4 heterocycles. The van der Waals surface area contributed by atoms with Crippen LogP contribution in [0.4, 0.5) is 8.78 Å². The third kappa shape index (κ3) is 11.5. The Labute approximate surface area is 327 Å². The molecule has 5 N–H and O–H groups in total. The van der Waals surface area contributed by atoms with Gasteiger partial charge in [0.15, 0.2) is 0 Å². The number of aromatic amines is 1. The van der Waals surface area contributed by atoms with Crippen LogP contribution in [0.1, 0.15) is 78.1 Å². The van der Waals surface area contributed by atoms with Gasteiger partial charge in [-0.25, -0.2) is 18.7 Å². The standard InChI is InChI=1S/C24H36FN3O4.C17H22FN3O3/c1-5-32-22(29)27-13-10-24(30,11-14-27)20-16-28(17-31-15-12-23(2,3)4)21(26-20)18-6-8-19(25)9-7-18;1-2-24-16(22)21-9-7-17(23,8-10-21)14-11-19-15(20-14)12-3-5-13(18)6-4-12/h6-9,16,22,29-30H,5,10-15,17H2,1-4H3;3-6,11,16,22-23H,2,7-10H2,1H3,(H,19,20). The quantitative estimate of drug-likeness (QED) is 0.0811. The lowest BCUT2D eigenvalue weighted by molar-refractivity contribution is -0.207. The highest BCUT2D eigenvalue weighted by atomic mass is 19.1. The maximum atomic E-state index is 13.4. The predicted octanol–water partition coefficient (Wildman–Crippen LogP) is 5.51. The Morgan fingerprint density at radius 3 is 1.79 bits per heavy atom. The molecule has 2 aliphatic heterocycles. The van der Waals surface area contributed by atoms with E-state index in [2.05, 4.69) is 30.7 Å². The molecule has 2 aliphatic rings. The van der Waals surface area contributed by atoms with E-state index in [0.717, 1.165) is 17.5 Å². The summed E-state index contributed by atoms with van der Waals surface area (Å²) in [7, 11) is 0. The molecule has 2 aromatic heterocycles. The van der Waals surface area contributed by atoms with E-state index in [1.807, 2.05) is 24.6 Å². The van der Waals surface area contributed by atoms with Crippen LogP contribution in [-0.4, -0.2) is 109 Å². The Hall–Kier alpha value is -3.64. The van der Waals surface area contributed by atoms with Gasteiger partial charge in [-0.3, -0.25) is 9.80 Å². The van der Waals surface area contributed by atoms with Crippen LogP contribution in [-0.2, 0) is 32.1 Å². The van der Waals surface area contributed by atoms with Crippen LogP contribution < -0.4 is 0 Å². The molecule has 4 aromatic rings. The molecule has 0 aliphatic carbocycles. The first-order chi connectivity index (χ1) is 26.6. The molecule has 2 aromatic carbocycles. The maximum absolute atomic E-state index is 13.4. The fourth-order valence-corrected chi connectivity index (χ4v) is 6.69. The first-order valence-electron chi connectivity index (χ1n) is 19.4. The molecule has 2 atom stereocenters. The van der Waals surface area contributed by atoms with Gasteiger partial charge in [-0.2, -0.15) is 0 Å². The number of hydrogen-bond donors (Lipinski definition) is 5. The first-order valence-corrected chi connectivity index (χ1v) is 19.4. The average Bonchev–Trinajstić information content (AvgIpc) is 3.84. The summed E-state index contributed by atoms with van der Waals surface area (Å²) in [6, 6.07) is 12.2. The van der Waals surface area contributed by atoms with E-state index in [9.17, 15) is 29.2 Å². The van der Waals surface area contributed by atoms with E-state index in [1.54, 1.807) is 40.3 Å². The third-order valence-electron chi connectivity index (χ3n) is 10.3. The number of benzene rings is 2. The SMILES string of the molecule is CCOC(O)N1CCC(O)(c2cn(COCCC(C)(C)C)c(-c3ccc(F)cc3)n2)CC1.CCOC(O)N1CCC(O)(c2cnc(-c3ccc(F)cc3)[nH]2)CC1. The number of piperidine rings is 2. The number of likely N-dealkylation sites (tertiary alicyclic amines) is 2. The Kier molecular flexibility index (Phi) is 14.9. The number of ether oxygens (including phenoxy) is 3. The van der Waals surface area contributed by atoms with Crippen LogP contribution >= 0.6 is 0 Å². The molecule has 0 amide bonds. The highest BCUT2D eigenvalue weighted by Crippen LogP contribution is 2.36. The zero-order chi connectivity index (χ0) is 40.5. The molecule has 308 valence electrons. The number of aromatic nitrogens is 4. The molecule has 0 spiro atoms. The molecular weight excluding hydrogens is 726 g/mol. The van der Waals surface area contributed by atoms with Crippen LogP contribution in [0.25, 0.3) is 22.8 Å². The Morgan fingerprint density at radius 2 is 1.29 bits per heavy atom. The van der Waals surface area contributed by atoms with Gasteiger partial charge >= 0.3 is 0 Å². The summed E-state index contributed by atoms with van der Waals surface area (Å²) in [6.07, 6.45) is 4.22. The fraction of sp³-hybridized carbons (Fsp3) is 0.561. The van der Waals surface area contributed by atoms with Crippen LogP contribution in [0.15, 0.2) is 60.9 Å². The minimum absolute atomic E-state index is 0.176. The lowest BCUT2D eigenvalue weighted by Gasteiger charge is -2.39. The van der Waals surface area contributed by atoms with Gasteiger partial charge in [0.25, 0.3) is 0 Å². The molecule has 2 unspecified atom stereocenters. The second-order valence-electron chi connectivity index (χ2n) is 15.6. The number of rotatable bonds is 14. The van der Waals surface area contributed by atoms with Gasteiger partial charge in [0, 0.05) is 63.3 Å². The van der Waals surface area contributed by atoms with E-state index >= 15 is 0 Å². The lowest BCUT2D eigenvalue weighted by atomic mass is 9.89. The van der Waals surface area contributed by atoms with E-state index in [1.165, 1.54) is 24.3 Å². The van der Waals surface area contributed by atoms with Gasteiger partial charge in [-0.15, -0.1) is 0 Å². The molecule has 0 saturated carbocycles. The van der Waals surface area contributed by atoms with Gasteiger partial charge in [0.1, 0.15) is 41.2 Å². The lowest BCUT2D eigenvalue weighted by Crippen LogP contribution is -2.48. The van der Waals surface area contributed by atoms with Crippen LogP contribution in [0.3, 0.4) is 0 Å². The number of halogens is 2. The molecule has 0 bridgehead atoms. The van der Waals surface area contributed by atoms with Gasteiger partial charge < -0.3 is 44.2 Å². The molecule has 2 saturated heterocycles. The smallest absolute Gasteiger partial charge is 0.216 e. The predicted molar refractivity (Wildman–Crippen MR) is 206 cm³/mol. The van der Waals surface area contributed by atoms with E-state index in [0.29, 0.717) is 101 Å². The number of H-pyrrole nitrogens is 1. The molecular formula is C41H58F2N6O7. The monoisotopic (exact) mass is 784 g/mol. The maximum Gasteiger partial charge on any atom is 0.216 e. The normalized spacial score (nSPS) is 18.6. The average molecular weight is 785 g/mol. The van der Waals surface area contributed by atoms with Crippen molar-refractivity contribution in [3.05, 3.63) is 83.9 Å². The van der Waals surface area contributed by atoms with Gasteiger partial charge in [-0.05, 0) is 99.9 Å². The van der Waals surface area contributed by atoms with Gasteiger partial charge in [-0.1, -0.05) is 20.8 Å². The van der Waals surface area contributed by atoms with Crippen molar-refractivity contribution in [2.24, 2.45) is 5.41 Å². The van der Waals surface area contributed by atoms with Crippen LogP contribution in [0, 0.1) is 17.0 Å².